The smallest absolute Gasteiger partial charge is 0.129 e. The summed E-state index contributed by atoms with van der Waals surface area (Å²) in [5, 5.41) is 9.92. The first-order valence-electron chi connectivity index (χ1n) is 6.35. The molecule has 0 amide bonds. The SMILES string of the molecule is CC1(C)CN(c2ccc(CN)c(F)c2)CCC1O. The van der Waals surface area contributed by atoms with Gasteiger partial charge in [-0.1, -0.05) is 19.9 Å². The first-order chi connectivity index (χ1) is 8.44. The molecule has 1 aromatic rings. The number of hydrogen-bond acceptors (Lipinski definition) is 3. The van der Waals surface area contributed by atoms with E-state index >= 15 is 0 Å². The Kier molecular flexibility index (Phi) is 3.59. The second-order valence-electron chi connectivity index (χ2n) is 5.69. The molecule has 0 aliphatic carbocycles. The van der Waals surface area contributed by atoms with Crippen molar-refractivity contribution in [2.45, 2.75) is 32.9 Å². The Morgan fingerprint density at radius 3 is 2.78 bits per heavy atom. The fourth-order valence-corrected chi connectivity index (χ4v) is 2.46. The number of nitrogens with two attached hydrogens (primary N) is 1. The molecule has 0 aromatic heterocycles. The standard InChI is InChI=1S/C14H21FN2O/c1-14(2)9-17(6-5-13(14)18)11-4-3-10(8-16)12(15)7-11/h3-4,7,13,18H,5-6,8-9,16H2,1-2H3. The highest BCUT2D eigenvalue weighted by molar-refractivity contribution is 5.49. The van der Waals surface area contributed by atoms with Gasteiger partial charge in [-0.15, -0.1) is 0 Å². The largest absolute Gasteiger partial charge is 0.392 e. The number of aliphatic hydroxyl groups excluding tert-OH is 1. The fourth-order valence-electron chi connectivity index (χ4n) is 2.46. The van der Waals surface area contributed by atoms with Crippen LogP contribution >= 0.6 is 0 Å². The second kappa shape index (κ2) is 4.86. The van der Waals surface area contributed by atoms with Crippen LogP contribution in [-0.4, -0.2) is 24.3 Å². The summed E-state index contributed by atoms with van der Waals surface area (Å²) in [5.74, 6) is -0.251. The number of rotatable bonds is 2. The van der Waals surface area contributed by atoms with Crippen molar-refractivity contribution in [1.29, 1.82) is 0 Å². The monoisotopic (exact) mass is 252 g/mol. The van der Waals surface area contributed by atoms with Crippen molar-refractivity contribution in [3.05, 3.63) is 29.6 Å². The molecule has 4 heteroatoms. The fraction of sp³-hybridized carbons (Fsp3) is 0.571. The maximum absolute atomic E-state index is 13.7. The van der Waals surface area contributed by atoms with Gasteiger partial charge in [0.1, 0.15) is 5.82 Å². The molecule has 1 unspecified atom stereocenters. The average Bonchev–Trinajstić information content (AvgIpc) is 2.32. The molecule has 0 saturated carbocycles. The Labute approximate surface area is 107 Å². The van der Waals surface area contributed by atoms with Crippen molar-refractivity contribution in [3.8, 4) is 0 Å². The molecule has 18 heavy (non-hydrogen) atoms. The lowest BCUT2D eigenvalue weighted by molar-refractivity contribution is 0.0336. The minimum atomic E-state index is -0.290. The van der Waals surface area contributed by atoms with Gasteiger partial charge >= 0.3 is 0 Å². The van der Waals surface area contributed by atoms with Crippen molar-refractivity contribution in [3.63, 3.8) is 0 Å². The third-order valence-electron chi connectivity index (χ3n) is 3.79. The lowest BCUT2D eigenvalue weighted by Crippen LogP contribution is -2.48. The third-order valence-corrected chi connectivity index (χ3v) is 3.79. The molecule has 1 atom stereocenters. The molecule has 1 aliphatic rings. The van der Waals surface area contributed by atoms with E-state index in [-0.39, 0.29) is 23.9 Å². The molecule has 1 fully saturated rings. The molecule has 1 aliphatic heterocycles. The van der Waals surface area contributed by atoms with E-state index < -0.39 is 0 Å². The summed E-state index contributed by atoms with van der Waals surface area (Å²) in [6.45, 7) is 5.78. The number of aliphatic hydroxyl groups is 1. The number of hydrogen-bond donors (Lipinski definition) is 2. The molecule has 3 N–H and O–H groups in total. The van der Waals surface area contributed by atoms with Gasteiger partial charge in [0.2, 0.25) is 0 Å². The van der Waals surface area contributed by atoms with Crippen LogP contribution in [0.5, 0.6) is 0 Å². The van der Waals surface area contributed by atoms with E-state index in [0.717, 1.165) is 18.8 Å². The topological polar surface area (TPSA) is 49.5 Å². The van der Waals surface area contributed by atoms with Crippen LogP contribution in [0.4, 0.5) is 10.1 Å². The molecule has 3 nitrogen and oxygen atoms in total. The highest BCUT2D eigenvalue weighted by Crippen LogP contribution is 2.32. The molecule has 1 saturated heterocycles. The van der Waals surface area contributed by atoms with Crippen molar-refractivity contribution >= 4 is 5.69 Å². The Balaban J connectivity index is 2.20. The van der Waals surface area contributed by atoms with Crippen LogP contribution in [0.15, 0.2) is 18.2 Å². The molecule has 0 radical (unpaired) electrons. The molecule has 2 rings (SSSR count). The lowest BCUT2D eigenvalue weighted by atomic mass is 9.81. The van der Waals surface area contributed by atoms with Crippen LogP contribution in [0.1, 0.15) is 25.8 Å². The van der Waals surface area contributed by atoms with E-state index in [4.69, 9.17) is 5.73 Å². The molecule has 0 spiro atoms. The van der Waals surface area contributed by atoms with Gasteiger partial charge in [0, 0.05) is 36.3 Å². The Morgan fingerprint density at radius 2 is 2.22 bits per heavy atom. The van der Waals surface area contributed by atoms with Crippen molar-refractivity contribution in [2.24, 2.45) is 11.1 Å². The third kappa shape index (κ3) is 2.49. The Morgan fingerprint density at radius 1 is 1.50 bits per heavy atom. The van der Waals surface area contributed by atoms with E-state index in [1.54, 1.807) is 6.07 Å². The number of benzene rings is 1. The van der Waals surface area contributed by atoms with Gasteiger partial charge in [-0.25, -0.2) is 4.39 Å². The molecule has 0 bridgehead atoms. The first kappa shape index (κ1) is 13.3. The minimum absolute atomic E-state index is 0.165. The van der Waals surface area contributed by atoms with Gasteiger partial charge in [-0.2, -0.15) is 0 Å². The maximum atomic E-state index is 13.7. The van der Waals surface area contributed by atoms with Crippen molar-refractivity contribution in [1.82, 2.24) is 0 Å². The molecular formula is C14H21FN2O. The zero-order valence-corrected chi connectivity index (χ0v) is 11.0. The predicted octanol–water partition coefficient (Wildman–Crippen LogP) is 1.88. The van der Waals surface area contributed by atoms with Gasteiger partial charge in [0.25, 0.3) is 0 Å². The van der Waals surface area contributed by atoms with Gasteiger partial charge in [-0.3, -0.25) is 0 Å². The minimum Gasteiger partial charge on any atom is -0.392 e. The summed E-state index contributed by atoms with van der Waals surface area (Å²) >= 11 is 0. The van der Waals surface area contributed by atoms with E-state index in [0.29, 0.717) is 12.0 Å². The number of nitrogens with zero attached hydrogens (tertiary/aromatic N) is 1. The van der Waals surface area contributed by atoms with E-state index in [1.165, 1.54) is 6.07 Å². The number of piperidine rings is 1. The molecular weight excluding hydrogens is 231 g/mol. The predicted molar refractivity (Wildman–Crippen MR) is 70.9 cm³/mol. The first-order valence-corrected chi connectivity index (χ1v) is 6.35. The number of halogens is 1. The summed E-state index contributed by atoms with van der Waals surface area (Å²) in [6.07, 6.45) is 0.426. The van der Waals surface area contributed by atoms with Crippen LogP contribution < -0.4 is 10.6 Å². The van der Waals surface area contributed by atoms with Gasteiger partial charge in [0.05, 0.1) is 6.10 Å². The molecule has 1 aromatic carbocycles. The molecule has 1 heterocycles. The van der Waals surface area contributed by atoms with E-state index in [9.17, 15) is 9.50 Å². The van der Waals surface area contributed by atoms with Crippen LogP contribution in [0.3, 0.4) is 0 Å². The quantitative estimate of drug-likeness (QED) is 0.845. The Hall–Kier alpha value is -1.13. The highest BCUT2D eigenvalue weighted by atomic mass is 19.1. The van der Waals surface area contributed by atoms with Gasteiger partial charge < -0.3 is 15.7 Å². The maximum Gasteiger partial charge on any atom is 0.129 e. The van der Waals surface area contributed by atoms with Crippen LogP contribution in [0, 0.1) is 11.2 Å². The van der Waals surface area contributed by atoms with Gasteiger partial charge in [0.15, 0.2) is 0 Å². The van der Waals surface area contributed by atoms with Crippen molar-refractivity contribution < 1.29 is 9.50 Å². The average molecular weight is 252 g/mol. The van der Waals surface area contributed by atoms with Crippen LogP contribution in [0.2, 0.25) is 0 Å². The summed E-state index contributed by atoms with van der Waals surface area (Å²) in [5.41, 5.74) is 6.69. The van der Waals surface area contributed by atoms with Crippen molar-refractivity contribution in [2.75, 3.05) is 18.0 Å². The highest BCUT2D eigenvalue weighted by Gasteiger charge is 2.34. The van der Waals surface area contributed by atoms with Gasteiger partial charge in [-0.05, 0) is 18.6 Å². The second-order valence-corrected chi connectivity index (χ2v) is 5.69. The van der Waals surface area contributed by atoms with E-state index in [1.807, 2.05) is 19.9 Å². The van der Waals surface area contributed by atoms with Crippen LogP contribution in [0.25, 0.3) is 0 Å². The Bertz CT molecular complexity index is 434. The zero-order chi connectivity index (χ0) is 13.3. The molecule has 100 valence electrons. The zero-order valence-electron chi connectivity index (χ0n) is 11.0. The normalized spacial score (nSPS) is 23.2. The van der Waals surface area contributed by atoms with E-state index in [2.05, 4.69) is 4.90 Å². The summed E-state index contributed by atoms with van der Waals surface area (Å²) in [6, 6.07) is 5.18. The summed E-state index contributed by atoms with van der Waals surface area (Å²) in [7, 11) is 0. The lowest BCUT2D eigenvalue weighted by Gasteiger charge is -2.43. The van der Waals surface area contributed by atoms with Crippen LogP contribution in [-0.2, 0) is 6.54 Å². The number of anilines is 1. The summed E-state index contributed by atoms with van der Waals surface area (Å²) in [4.78, 5) is 2.12. The summed E-state index contributed by atoms with van der Waals surface area (Å²) < 4.78 is 13.7.